The molecule has 1 aromatic rings. The molecule has 2 aliphatic carbocycles. The van der Waals surface area contributed by atoms with Gasteiger partial charge in [-0.25, -0.2) is 0 Å². The number of likely N-dealkylation sites (tertiary alicyclic amines) is 1. The standard InChI is InChI=1S/C21H28ClN3O2/c1-25-18(26)11-17(20(25)14-6-3-7-15(22)8-14)21(27)24-19-12-4-2-5-13(19)10-16(23)9-12/h3,6-8,12-13,16-17,19-20H,2,4-5,9-11,23H2,1H3,(H,24,27). The molecular formula is C21H28ClN3O2. The summed E-state index contributed by atoms with van der Waals surface area (Å²) >= 11 is 6.15. The van der Waals surface area contributed by atoms with Crippen LogP contribution in [0, 0.1) is 17.8 Å². The number of benzene rings is 1. The van der Waals surface area contributed by atoms with Gasteiger partial charge in [0.1, 0.15) is 0 Å². The van der Waals surface area contributed by atoms with Crippen LogP contribution in [-0.4, -0.2) is 35.8 Å². The van der Waals surface area contributed by atoms with Crippen molar-refractivity contribution in [2.45, 2.75) is 56.7 Å². The molecule has 4 unspecified atom stereocenters. The van der Waals surface area contributed by atoms with Gasteiger partial charge in [0.15, 0.2) is 0 Å². The molecule has 3 N–H and O–H groups in total. The maximum atomic E-state index is 13.2. The van der Waals surface area contributed by atoms with E-state index in [0.29, 0.717) is 16.9 Å². The molecule has 3 fully saturated rings. The Bertz CT molecular complexity index is 726. The molecule has 0 aromatic heterocycles. The van der Waals surface area contributed by atoms with Crippen LogP contribution in [0.15, 0.2) is 24.3 Å². The number of nitrogens with two attached hydrogens (primary N) is 1. The lowest BCUT2D eigenvalue weighted by atomic mass is 9.67. The van der Waals surface area contributed by atoms with Crippen LogP contribution < -0.4 is 11.1 Å². The maximum Gasteiger partial charge on any atom is 0.226 e. The lowest BCUT2D eigenvalue weighted by Crippen LogP contribution is -2.55. The van der Waals surface area contributed by atoms with Gasteiger partial charge in [0.25, 0.3) is 0 Å². The average Bonchev–Trinajstić information content (AvgIpc) is 2.91. The summed E-state index contributed by atoms with van der Waals surface area (Å²) in [5, 5.41) is 3.95. The van der Waals surface area contributed by atoms with Crippen molar-refractivity contribution in [3.8, 4) is 0 Å². The summed E-state index contributed by atoms with van der Waals surface area (Å²) < 4.78 is 0. The normalized spacial score (nSPS) is 36.0. The van der Waals surface area contributed by atoms with Gasteiger partial charge >= 0.3 is 0 Å². The number of amides is 2. The van der Waals surface area contributed by atoms with Crippen LogP contribution in [-0.2, 0) is 9.59 Å². The van der Waals surface area contributed by atoms with Crippen LogP contribution in [0.1, 0.15) is 50.1 Å². The largest absolute Gasteiger partial charge is 0.352 e. The van der Waals surface area contributed by atoms with E-state index in [4.69, 9.17) is 17.3 Å². The Balaban J connectivity index is 1.54. The molecule has 4 atom stereocenters. The average molecular weight is 390 g/mol. The molecule has 27 heavy (non-hydrogen) atoms. The number of fused-ring (bicyclic) bond motifs is 2. The van der Waals surface area contributed by atoms with E-state index >= 15 is 0 Å². The van der Waals surface area contributed by atoms with Crippen molar-refractivity contribution >= 4 is 23.4 Å². The van der Waals surface area contributed by atoms with Crippen LogP contribution in [0.5, 0.6) is 0 Å². The summed E-state index contributed by atoms with van der Waals surface area (Å²) in [7, 11) is 1.77. The van der Waals surface area contributed by atoms with Crippen LogP contribution in [0.3, 0.4) is 0 Å². The Hall–Kier alpha value is -1.59. The monoisotopic (exact) mass is 389 g/mol. The van der Waals surface area contributed by atoms with E-state index < -0.39 is 0 Å². The number of hydrogen-bond acceptors (Lipinski definition) is 3. The van der Waals surface area contributed by atoms with Crippen molar-refractivity contribution in [3.05, 3.63) is 34.9 Å². The molecule has 0 spiro atoms. The fourth-order valence-electron chi connectivity index (χ4n) is 5.55. The highest BCUT2D eigenvalue weighted by molar-refractivity contribution is 6.30. The first-order valence-corrected chi connectivity index (χ1v) is 10.4. The van der Waals surface area contributed by atoms with E-state index in [1.165, 1.54) is 6.42 Å². The second-order valence-corrected chi connectivity index (χ2v) is 8.97. The fourth-order valence-corrected chi connectivity index (χ4v) is 5.75. The zero-order chi connectivity index (χ0) is 19.1. The SMILES string of the molecule is CN1C(=O)CC(C(=O)NC2C3CCCC2CC(N)C3)C1c1cccc(Cl)c1. The number of carbonyl (C=O) groups is 2. The summed E-state index contributed by atoms with van der Waals surface area (Å²) in [6, 6.07) is 7.68. The lowest BCUT2D eigenvalue weighted by molar-refractivity contribution is -0.129. The van der Waals surface area contributed by atoms with Crippen molar-refractivity contribution in [1.29, 1.82) is 0 Å². The molecule has 1 aromatic carbocycles. The molecule has 2 amide bonds. The molecule has 0 radical (unpaired) electrons. The molecule has 3 aliphatic rings. The maximum absolute atomic E-state index is 13.2. The second-order valence-electron chi connectivity index (χ2n) is 8.53. The third-order valence-corrected chi connectivity index (χ3v) is 7.03. The van der Waals surface area contributed by atoms with Crippen LogP contribution in [0.25, 0.3) is 0 Å². The van der Waals surface area contributed by atoms with E-state index in [2.05, 4.69) is 5.32 Å². The van der Waals surface area contributed by atoms with E-state index in [1.54, 1.807) is 11.9 Å². The highest BCUT2D eigenvalue weighted by Crippen LogP contribution is 2.42. The molecule has 2 bridgehead atoms. The zero-order valence-corrected chi connectivity index (χ0v) is 16.5. The molecule has 6 heteroatoms. The van der Waals surface area contributed by atoms with E-state index in [-0.39, 0.29) is 42.3 Å². The number of carbonyl (C=O) groups excluding carboxylic acids is 2. The summed E-state index contributed by atoms with van der Waals surface area (Å²) in [6.45, 7) is 0. The summed E-state index contributed by atoms with van der Waals surface area (Å²) in [6.07, 6.45) is 5.73. The molecule has 146 valence electrons. The smallest absolute Gasteiger partial charge is 0.226 e. The third kappa shape index (κ3) is 3.59. The second kappa shape index (κ2) is 7.44. The Morgan fingerprint density at radius 2 is 1.96 bits per heavy atom. The molecule has 1 heterocycles. The Kier molecular flexibility index (Phi) is 5.17. The lowest BCUT2D eigenvalue weighted by Gasteiger charge is -2.45. The van der Waals surface area contributed by atoms with Crippen molar-refractivity contribution in [2.75, 3.05) is 7.05 Å². The number of nitrogens with one attached hydrogen (secondary N) is 1. The van der Waals surface area contributed by atoms with Crippen molar-refractivity contribution < 1.29 is 9.59 Å². The van der Waals surface area contributed by atoms with Gasteiger partial charge in [-0.3, -0.25) is 9.59 Å². The molecule has 5 nitrogen and oxygen atoms in total. The Morgan fingerprint density at radius 1 is 1.26 bits per heavy atom. The molecule has 2 saturated carbocycles. The highest BCUT2D eigenvalue weighted by atomic mass is 35.5. The third-order valence-electron chi connectivity index (χ3n) is 6.80. The predicted octanol–water partition coefficient (Wildman–Crippen LogP) is 2.88. The first-order chi connectivity index (χ1) is 12.9. The Morgan fingerprint density at radius 3 is 2.63 bits per heavy atom. The summed E-state index contributed by atoms with van der Waals surface area (Å²) in [4.78, 5) is 27.3. The predicted molar refractivity (Wildman–Crippen MR) is 105 cm³/mol. The fraction of sp³-hybridized carbons (Fsp3) is 0.619. The van der Waals surface area contributed by atoms with E-state index in [1.807, 2.05) is 24.3 Å². The molecule has 1 aliphatic heterocycles. The zero-order valence-electron chi connectivity index (χ0n) is 15.7. The minimum absolute atomic E-state index is 0.00459. The molecular weight excluding hydrogens is 362 g/mol. The van der Waals surface area contributed by atoms with Gasteiger partial charge in [0.2, 0.25) is 11.8 Å². The quantitative estimate of drug-likeness (QED) is 0.834. The number of halogens is 1. The molecule has 4 rings (SSSR count). The van der Waals surface area contributed by atoms with E-state index in [9.17, 15) is 9.59 Å². The number of hydrogen-bond donors (Lipinski definition) is 2. The van der Waals surface area contributed by atoms with E-state index in [0.717, 1.165) is 31.2 Å². The van der Waals surface area contributed by atoms with Crippen LogP contribution >= 0.6 is 11.6 Å². The van der Waals surface area contributed by atoms with Gasteiger partial charge in [0, 0.05) is 30.6 Å². The first-order valence-electron chi connectivity index (χ1n) is 10.0. The van der Waals surface area contributed by atoms with Crippen molar-refractivity contribution in [3.63, 3.8) is 0 Å². The summed E-state index contributed by atoms with van der Waals surface area (Å²) in [5.74, 6) is 0.560. The van der Waals surface area contributed by atoms with Crippen LogP contribution in [0.2, 0.25) is 5.02 Å². The topological polar surface area (TPSA) is 75.4 Å². The summed E-state index contributed by atoms with van der Waals surface area (Å²) in [5.41, 5.74) is 7.13. The highest BCUT2D eigenvalue weighted by Gasteiger charge is 2.45. The van der Waals surface area contributed by atoms with Gasteiger partial charge in [0.05, 0.1) is 12.0 Å². The van der Waals surface area contributed by atoms with Crippen LogP contribution in [0.4, 0.5) is 0 Å². The number of rotatable bonds is 3. The Labute approximate surface area is 165 Å². The van der Waals surface area contributed by atoms with Gasteiger partial charge in [-0.1, -0.05) is 30.2 Å². The van der Waals surface area contributed by atoms with Gasteiger partial charge < -0.3 is 16.0 Å². The first kappa shape index (κ1) is 18.8. The minimum atomic E-state index is -0.378. The minimum Gasteiger partial charge on any atom is -0.352 e. The van der Waals surface area contributed by atoms with Gasteiger partial charge in [-0.15, -0.1) is 0 Å². The van der Waals surface area contributed by atoms with Gasteiger partial charge in [-0.2, -0.15) is 0 Å². The number of nitrogens with zero attached hydrogens (tertiary/aromatic N) is 1. The van der Waals surface area contributed by atoms with Gasteiger partial charge in [-0.05, 0) is 55.2 Å². The van der Waals surface area contributed by atoms with Crippen molar-refractivity contribution in [1.82, 2.24) is 10.2 Å². The van der Waals surface area contributed by atoms with Crippen molar-refractivity contribution in [2.24, 2.45) is 23.5 Å². The molecule has 1 saturated heterocycles.